The summed E-state index contributed by atoms with van der Waals surface area (Å²) >= 11 is 3.26. The average Bonchev–Trinajstić information content (AvgIpc) is 2.45. The van der Waals surface area contributed by atoms with Gasteiger partial charge in [0.1, 0.15) is 4.47 Å². The van der Waals surface area contributed by atoms with Crippen LogP contribution in [0.4, 0.5) is 5.69 Å². The Kier molecular flexibility index (Phi) is 7.38. The van der Waals surface area contributed by atoms with E-state index in [0.29, 0.717) is 23.2 Å². The fraction of sp³-hybridized carbons (Fsp3) is 0.615. The number of nitrogens with zero attached hydrogens (tertiary/aromatic N) is 3. The Hall–Kier alpha value is -1.41. The molecule has 0 saturated heterocycles. The van der Waals surface area contributed by atoms with Crippen molar-refractivity contribution in [2.75, 3.05) is 39.0 Å². The van der Waals surface area contributed by atoms with Gasteiger partial charge in [-0.15, -0.1) is 0 Å². The van der Waals surface area contributed by atoms with E-state index in [9.17, 15) is 9.59 Å². The lowest BCUT2D eigenvalue weighted by Gasteiger charge is -2.12. The van der Waals surface area contributed by atoms with Crippen LogP contribution in [-0.4, -0.2) is 54.3 Å². The molecule has 21 heavy (non-hydrogen) atoms. The standard InChI is InChI=1S/C13H22BrN5O2/c1-4-5-15-11(20)9-16-10-8-17-19(7-6-18(2)3)13(21)12(10)14/h8,16H,4-7,9H2,1-3H3,(H,15,20). The van der Waals surface area contributed by atoms with Crippen LogP contribution in [0.1, 0.15) is 13.3 Å². The Balaban J connectivity index is 2.67. The van der Waals surface area contributed by atoms with Gasteiger partial charge in [-0.1, -0.05) is 6.92 Å². The summed E-state index contributed by atoms with van der Waals surface area (Å²) < 4.78 is 1.78. The molecular weight excluding hydrogens is 338 g/mol. The fourth-order valence-corrected chi connectivity index (χ4v) is 1.99. The number of carbonyl (C=O) groups is 1. The van der Waals surface area contributed by atoms with Crippen LogP contribution < -0.4 is 16.2 Å². The fourth-order valence-electron chi connectivity index (χ4n) is 1.54. The molecule has 0 aliphatic rings. The molecule has 1 aromatic heterocycles. The third-order valence-electron chi connectivity index (χ3n) is 2.76. The van der Waals surface area contributed by atoms with E-state index >= 15 is 0 Å². The Morgan fingerprint density at radius 1 is 1.48 bits per heavy atom. The summed E-state index contributed by atoms with van der Waals surface area (Å²) in [5.41, 5.74) is 0.309. The van der Waals surface area contributed by atoms with Crippen molar-refractivity contribution in [3.8, 4) is 0 Å². The molecule has 7 nitrogen and oxygen atoms in total. The van der Waals surface area contributed by atoms with Crippen molar-refractivity contribution < 1.29 is 4.79 Å². The molecule has 0 saturated carbocycles. The second-order valence-electron chi connectivity index (χ2n) is 4.91. The van der Waals surface area contributed by atoms with Gasteiger partial charge in [-0.3, -0.25) is 9.59 Å². The number of hydrogen-bond donors (Lipinski definition) is 2. The number of aromatic nitrogens is 2. The number of carbonyl (C=O) groups excluding carboxylic acids is 1. The van der Waals surface area contributed by atoms with Crippen molar-refractivity contribution >= 4 is 27.5 Å². The zero-order valence-electron chi connectivity index (χ0n) is 12.6. The lowest BCUT2D eigenvalue weighted by atomic mass is 10.4. The number of rotatable bonds is 8. The van der Waals surface area contributed by atoms with E-state index in [0.717, 1.165) is 13.0 Å². The van der Waals surface area contributed by atoms with Crippen LogP contribution in [0.25, 0.3) is 0 Å². The Morgan fingerprint density at radius 3 is 2.81 bits per heavy atom. The van der Waals surface area contributed by atoms with Crippen LogP contribution in [0.3, 0.4) is 0 Å². The van der Waals surface area contributed by atoms with Crippen molar-refractivity contribution in [1.29, 1.82) is 0 Å². The Bertz CT molecular complexity index is 530. The molecular formula is C13H22BrN5O2. The van der Waals surface area contributed by atoms with E-state index in [4.69, 9.17) is 0 Å². The third-order valence-corrected chi connectivity index (χ3v) is 3.52. The van der Waals surface area contributed by atoms with E-state index in [2.05, 4.69) is 31.7 Å². The molecule has 8 heteroatoms. The van der Waals surface area contributed by atoms with Crippen LogP contribution in [0.15, 0.2) is 15.5 Å². The maximum atomic E-state index is 12.1. The van der Waals surface area contributed by atoms with Crippen LogP contribution in [0.2, 0.25) is 0 Å². The largest absolute Gasteiger partial charge is 0.374 e. The summed E-state index contributed by atoms with van der Waals surface area (Å²) in [6.45, 7) is 3.99. The minimum atomic E-state index is -0.212. The highest BCUT2D eigenvalue weighted by molar-refractivity contribution is 9.10. The van der Waals surface area contributed by atoms with Crippen molar-refractivity contribution in [3.63, 3.8) is 0 Å². The van der Waals surface area contributed by atoms with E-state index in [1.165, 1.54) is 4.68 Å². The zero-order valence-corrected chi connectivity index (χ0v) is 14.2. The van der Waals surface area contributed by atoms with Gasteiger partial charge in [0.2, 0.25) is 5.91 Å². The van der Waals surface area contributed by atoms with Crippen LogP contribution in [0, 0.1) is 0 Å². The second-order valence-corrected chi connectivity index (χ2v) is 5.70. The Morgan fingerprint density at radius 2 is 2.19 bits per heavy atom. The normalized spacial score (nSPS) is 10.7. The minimum absolute atomic E-state index is 0.111. The van der Waals surface area contributed by atoms with E-state index in [1.54, 1.807) is 6.20 Å². The lowest BCUT2D eigenvalue weighted by molar-refractivity contribution is -0.119. The predicted molar refractivity (Wildman–Crippen MR) is 86.5 cm³/mol. The number of nitrogens with one attached hydrogen (secondary N) is 2. The van der Waals surface area contributed by atoms with Gasteiger partial charge >= 0.3 is 0 Å². The van der Waals surface area contributed by atoms with Crippen LogP contribution in [-0.2, 0) is 11.3 Å². The molecule has 0 radical (unpaired) electrons. The van der Waals surface area contributed by atoms with E-state index in [1.807, 2.05) is 25.9 Å². The van der Waals surface area contributed by atoms with Crippen molar-refractivity contribution in [1.82, 2.24) is 20.0 Å². The number of hydrogen-bond acceptors (Lipinski definition) is 5. The quantitative estimate of drug-likeness (QED) is 0.706. The molecule has 0 unspecified atom stereocenters. The van der Waals surface area contributed by atoms with Crippen LogP contribution >= 0.6 is 15.9 Å². The minimum Gasteiger partial charge on any atom is -0.374 e. The third kappa shape index (κ3) is 5.84. The molecule has 118 valence electrons. The molecule has 0 aromatic carbocycles. The van der Waals surface area contributed by atoms with Crippen molar-refractivity contribution in [3.05, 3.63) is 21.0 Å². The van der Waals surface area contributed by atoms with Gasteiger partial charge in [0.05, 0.1) is 25.0 Å². The number of amides is 1. The van der Waals surface area contributed by atoms with Gasteiger partial charge in [0.25, 0.3) is 5.56 Å². The van der Waals surface area contributed by atoms with Crippen LogP contribution in [0.5, 0.6) is 0 Å². The van der Waals surface area contributed by atoms with Gasteiger partial charge in [-0.25, -0.2) is 4.68 Å². The lowest BCUT2D eigenvalue weighted by Crippen LogP contribution is -2.32. The number of halogens is 1. The predicted octanol–water partition coefficient (Wildman–Crippen LogP) is 0.505. The van der Waals surface area contributed by atoms with Gasteiger partial charge in [0, 0.05) is 13.1 Å². The highest BCUT2D eigenvalue weighted by Gasteiger charge is 2.10. The first kappa shape index (κ1) is 17.6. The highest BCUT2D eigenvalue weighted by atomic mass is 79.9. The molecule has 0 bridgehead atoms. The first-order valence-electron chi connectivity index (χ1n) is 6.86. The molecule has 0 spiro atoms. The molecule has 1 rings (SSSR count). The molecule has 0 atom stereocenters. The first-order valence-corrected chi connectivity index (χ1v) is 7.66. The summed E-state index contributed by atoms with van der Waals surface area (Å²) in [4.78, 5) is 25.6. The summed E-state index contributed by atoms with van der Waals surface area (Å²) in [5.74, 6) is -0.111. The van der Waals surface area contributed by atoms with Gasteiger partial charge in [0.15, 0.2) is 0 Å². The maximum absolute atomic E-state index is 12.1. The molecule has 0 aliphatic heterocycles. The highest BCUT2D eigenvalue weighted by Crippen LogP contribution is 2.15. The number of likely N-dealkylation sites (N-methyl/N-ethyl adjacent to an activating group) is 1. The average molecular weight is 360 g/mol. The smallest absolute Gasteiger partial charge is 0.283 e. The summed E-state index contributed by atoms with van der Waals surface area (Å²) in [6.07, 6.45) is 2.44. The monoisotopic (exact) mass is 359 g/mol. The second kappa shape index (κ2) is 8.78. The zero-order chi connectivity index (χ0) is 15.8. The van der Waals surface area contributed by atoms with Gasteiger partial charge < -0.3 is 15.5 Å². The van der Waals surface area contributed by atoms with Crippen molar-refractivity contribution in [2.24, 2.45) is 0 Å². The van der Waals surface area contributed by atoms with Gasteiger partial charge in [-0.05, 0) is 36.4 Å². The maximum Gasteiger partial charge on any atom is 0.283 e. The molecule has 2 N–H and O–H groups in total. The molecule has 1 aromatic rings. The van der Waals surface area contributed by atoms with E-state index in [-0.39, 0.29) is 18.0 Å². The summed E-state index contributed by atoms with van der Waals surface area (Å²) in [5, 5.41) is 9.77. The summed E-state index contributed by atoms with van der Waals surface area (Å²) in [7, 11) is 3.87. The SMILES string of the molecule is CCCNC(=O)CNc1cnn(CCN(C)C)c(=O)c1Br. The summed E-state index contributed by atoms with van der Waals surface area (Å²) in [6, 6.07) is 0. The van der Waals surface area contributed by atoms with Crippen molar-refractivity contribution in [2.45, 2.75) is 19.9 Å². The first-order chi connectivity index (χ1) is 9.95. The molecule has 1 amide bonds. The number of anilines is 1. The topological polar surface area (TPSA) is 79.3 Å². The van der Waals surface area contributed by atoms with Gasteiger partial charge in [-0.2, -0.15) is 5.10 Å². The molecule has 0 fully saturated rings. The van der Waals surface area contributed by atoms with E-state index < -0.39 is 0 Å². The Labute approximate surface area is 132 Å². The molecule has 1 heterocycles. The molecule has 0 aliphatic carbocycles.